The molecule has 0 unspecified atom stereocenters. The summed E-state index contributed by atoms with van der Waals surface area (Å²) in [5, 5.41) is 34.3. The smallest absolute Gasteiger partial charge is 0.306 e. The molecule has 3 N–H and O–H groups in total. The van der Waals surface area contributed by atoms with E-state index in [1.807, 2.05) is 13.8 Å². The molecule has 43 heavy (non-hydrogen) atoms. The molecule has 0 amide bonds. The summed E-state index contributed by atoms with van der Waals surface area (Å²) < 4.78 is 12.1. The van der Waals surface area contributed by atoms with Gasteiger partial charge < -0.3 is 24.8 Å². The molecule has 2 saturated carbocycles. The first-order chi connectivity index (χ1) is 20.3. The molecule has 242 valence electrons. The van der Waals surface area contributed by atoms with E-state index in [4.69, 9.17) is 9.47 Å². The molecule has 7 atom stereocenters. The highest BCUT2D eigenvalue weighted by Gasteiger charge is 2.86. The van der Waals surface area contributed by atoms with Gasteiger partial charge in [0.15, 0.2) is 11.4 Å². The normalized spacial score (nSPS) is 35.6. The lowest BCUT2D eigenvalue weighted by Gasteiger charge is -2.48. The molecule has 4 aliphatic rings. The predicted octanol–water partition coefficient (Wildman–Crippen LogP) is 5.51. The van der Waals surface area contributed by atoms with E-state index in [1.165, 1.54) is 51.9 Å². The summed E-state index contributed by atoms with van der Waals surface area (Å²) in [4.78, 5) is 38.8. The molecule has 0 heterocycles. The van der Waals surface area contributed by atoms with Crippen LogP contribution in [0.15, 0.2) is 23.3 Å². The van der Waals surface area contributed by atoms with Crippen molar-refractivity contribution in [2.24, 2.45) is 23.2 Å². The summed E-state index contributed by atoms with van der Waals surface area (Å²) in [6, 6.07) is 0. The van der Waals surface area contributed by atoms with E-state index < -0.39 is 63.8 Å². The lowest BCUT2D eigenvalue weighted by molar-refractivity contribution is -0.206. The third-order valence-electron chi connectivity index (χ3n) is 11.0. The Morgan fingerprint density at radius 2 is 1.53 bits per heavy atom. The van der Waals surface area contributed by atoms with Crippen LogP contribution in [-0.2, 0) is 23.9 Å². The van der Waals surface area contributed by atoms with Crippen molar-refractivity contribution in [1.29, 1.82) is 0 Å². The minimum atomic E-state index is -1.91. The van der Waals surface area contributed by atoms with Crippen molar-refractivity contribution in [3.8, 4) is 0 Å². The quantitative estimate of drug-likeness (QED) is 0.127. The molecule has 4 rings (SSSR count). The van der Waals surface area contributed by atoms with Crippen molar-refractivity contribution in [1.82, 2.24) is 0 Å². The third kappa shape index (κ3) is 6.13. The molecule has 0 aromatic rings. The molecular formula is C35H54O8. The highest BCUT2D eigenvalue weighted by Crippen LogP contribution is 2.76. The monoisotopic (exact) mass is 602 g/mol. The largest absolute Gasteiger partial charge is 0.458 e. The number of fused-ring (bicyclic) bond motifs is 5. The number of aliphatic hydroxyl groups excluding tert-OH is 1. The fourth-order valence-electron chi connectivity index (χ4n) is 8.82. The van der Waals surface area contributed by atoms with E-state index in [-0.39, 0.29) is 25.9 Å². The molecule has 8 heteroatoms. The number of hydrogen-bond donors (Lipinski definition) is 3. The maximum atomic E-state index is 13.2. The highest BCUT2D eigenvalue weighted by atomic mass is 16.6. The molecule has 4 aliphatic carbocycles. The fraction of sp³-hybridized carbons (Fsp3) is 0.800. The number of ketones is 1. The fourth-order valence-corrected chi connectivity index (χ4v) is 8.82. The molecular weight excluding hydrogens is 548 g/mol. The van der Waals surface area contributed by atoms with Gasteiger partial charge in [-0.05, 0) is 24.5 Å². The van der Waals surface area contributed by atoms with Gasteiger partial charge in [0.1, 0.15) is 11.7 Å². The Kier molecular flexibility index (Phi) is 10.3. The zero-order chi connectivity index (χ0) is 31.6. The molecule has 0 aliphatic heterocycles. The number of Topliss-reactive ketones (excluding diaryl/α,β-unsaturated/α-hetero) is 1. The van der Waals surface area contributed by atoms with Gasteiger partial charge in [0.05, 0.1) is 12.2 Å². The number of carbonyl (C=O) groups excluding carboxylic acids is 3. The van der Waals surface area contributed by atoms with Crippen molar-refractivity contribution in [2.45, 2.75) is 147 Å². The van der Waals surface area contributed by atoms with E-state index in [0.29, 0.717) is 17.6 Å². The Labute approximate surface area is 257 Å². The van der Waals surface area contributed by atoms with Gasteiger partial charge in [0, 0.05) is 49.4 Å². The van der Waals surface area contributed by atoms with Crippen LogP contribution in [0.1, 0.15) is 125 Å². The van der Waals surface area contributed by atoms with Gasteiger partial charge in [-0.15, -0.1) is 0 Å². The average Bonchev–Trinajstić information content (AvgIpc) is 3.37. The van der Waals surface area contributed by atoms with Gasteiger partial charge in [-0.3, -0.25) is 14.4 Å². The summed E-state index contributed by atoms with van der Waals surface area (Å²) in [7, 11) is 0. The maximum Gasteiger partial charge on any atom is 0.306 e. The Balaban J connectivity index is 1.46. The Hall–Kier alpha value is -2.03. The molecule has 0 aromatic carbocycles. The van der Waals surface area contributed by atoms with Crippen LogP contribution in [0.25, 0.3) is 0 Å². The molecule has 0 radical (unpaired) electrons. The van der Waals surface area contributed by atoms with Gasteiger partial charge in [-0.1, -0.05) is 97.1 Å². The lowest BCUT2D eigenvalue weighted by Crippen LogP contribution is -2.61. The molecule has 0 spiro atoms. The molecule has 0 bridgehead atoms. The summed E-state index contributed by atoms with van der Waals surface area (Å²) in [6.07, 6.45) is 15.3. The number of unbranched alkanes of at least 4 members (excludes halogenated alkanes) is 10. The van der Waals surface area contributed by atoms with Crippen LogP contribution in [0, 0.1) is 23.2 Å². The van der Waals surface area contributed by atoms with Gasteiger partial charge in [-0.25, -0.2) is 0 Å². The topological polar surface area (TPSA) is 130 Å². The number of carbonyl (C=O) groups is 3. The minimum Gasteiger partial charge on any atom is -0.458 e. The van der Waals surface area contributed by atoms with Crippen molar-refractivity contribution < 1.29 is 39.2 Å². The number of esters is 2. The number of hydrogen-bond acceptors (Lipinski definition) is 8. The van der Waals surface area contributed by atoms with E-state index in [1.54, 1.807) is 19.1 Å². The second-order valence-corrected chi connectivity index (χ2v) is 14.3. The van der Waals surface area contributed by atoms with Crippen molar-refractivity contribution >= 4 is 17.7 Å². The standard InChI is InChI=1S/C35H54O8/c1-6-7-8-9-10-11-12-13-14-15-16-17-29(38)42-28-21-33(40)26(30-32(4,5)35(28,30)43-24(3)37)19-25(22-36)20-34(41)27(33)18-23(2)31(34)39/h18-19,26-28,30,36,40-41H,6-17,20-22H2,1-5H3/t26-,27-,28+,30+,33+,34+,35-/m0/s1. The predicted molar refractivity (Wildman–Crippen MR) is 163 cm³/mol. The summed E-state index contributed by atoms with van der Waals surface area (Å²) in [5.41, 5.74) is -4.60. The first-order valence-corrected chi connectivity index (χ1v) is 16.7. The van der Waals surface area contributed by atoms with Gasteiger partial charge in [-0.2, -0.15) is 0 Å². The summed E-state index contributed by atoms with van der Waals surface area (Å²) in [5.74, 6) is -3.42. The van der Waals surface area contributed by atoms with E-state index in [2.05, 4.69) is 6.92 Å². The molecule has 0 saturated heterocycles. The van der Waals surface area contributed by atoms with E-state index in [9.17, 15) is 29.7 Å². The SMILES string of the molecule is CCCCCCCCCCCCCC(=O)O[C@@H]1C[C@@]2(O)[C@@H](C=C(CO)C[C@]3(O)C(=O)C(C)=C[C@@H]23)[C@@H]2C(C)(C)[C@@]21OC(C)=O. The Bertz CT molecular complexity index is 1120. The second-order valence-electron chi connectivity index (χ2n) is 14.3. The average molecular weight is 603 g/mol. The van der Waals surface area contributed by atoms with Crippen LogP contribution in [-0.4, -0.2) is 62.6 Å². The number of rotatable bonds is 15. The zero-order valence-electron chi connectivity index (χ0n) is 27.0. The van der Waals surface area contributed by atoms with Crippen LogP contribution in [0.5, 0.6) is 0 Å². The summed E-state index contributed by atoms with van der Waals surface area (Å²) >= 11 is 0. The Morgan fingerprint density at radius 1 is 0.953 bits per heavy atom. The highest BCUT2D eigenvalue weighted by molar-refractivity contribution is 6.04. The van der Waals surface area contributed by atoms with Crippen LogP contribution in [0.2, 0.25) is 0 Å². The van der Waals surface area contributed by atoms with E-state index >= 15 is 0 Å². The van der Waals surface area contributed by atoms with Gasteiger partial charge >= 0.3 is 11.9 Å². The second kappa shape index (κ2) is 13.1. The van der Waals surface area contributed by atoms with Gasteiger partial charge in [0.25, 0.3) is 0 Å². The first kappa shape index (κ1) is 33.9. The molecule has 2 fully saturated rings. The Morgan fingerprint density at radius 3 is 2.09 bits per heavy atom. The van der Waals surface area contributed by atoms with Crippen LogP contribution >= 0.6 is 0 Å². The van der Waals surface area contributed by atoms with Crippen LogP contribution < -0.4 is 0 Å². The van der Waals surface area contributed by atoms with Crippen LogP contribution in [0.3, 0.4) is 0 Å². The molecule has 0 aromatic heterocycles. The lowest BCUT2D eigenvalue weighted by atomic mass is 9.63. The van der Waals surface area contributed by atoms with Crippen LogP contribution in [0.4, 0.5) is 0 Å². The first-order valence-electron chi connectivity index (χ1n) is 16.7. The van der Waals surface area contributed by atoms with Gasteiger partial charge in [0.2, 0.25) is 0 Å². The summed E-state index contributed by atoms with van der Waals surface area (Å²) in [6.45, 7) is 8.66. The number of aliphatic hydroxyl groups is 3. The number of ether oxygens (including phenoxy) is 2. The third-order valence-corrected chi connectivity index (χ3v) is 11.0. The maximum absolute atomic E-state index is 13.2. The van der Waals surface area contributed by atoms with Crippen molar-refractivity contribution in [3.63, 3.8) is 0 Å². The van der Waals surface area contributed by atoms with Crippen molar-refractivity contribution in [2.75, 3.05) is 6.61 Å². The minimum absolute atomic E-state index is 0.101. The van der Waals surface area contributed by atoms with E-state index in [0.717, 1.165) is 19.3 Å². The van der Waals surface area contributed by atoms with Crippen molar-refractivity contribution in [3.05, 3.63) is 23.3 Å². The zero-order valence-corrected chi connectivity index (χ0v) is 27.0. The molecule has 8 nitrogen and oxygen atoms in total.